The topological polar surface area (TPSA) is 20.2 Å². The van der Waals surface area contributed by atoms with Crippen molar-refractivity contribution in [3.05, 3.63) is 11.6 Å². The third-order valence-corrected chi connectivity index (χ3v) is 3.14. The van der Waals surface area contributed by atoms with Crippen molar-refractivity contribution in [2.45, 2.75) is 64.9 Å². The summed E-state index contributed by atoms with van der Waals surface area (Å²) in [5.74, 6) is 0.519. The molecule has 1 fully saturated rings. The lowest BCUT2D eigenvalue weighted by Gasteiger charge is -2.23. The Bertz CT molecular complexity index is 172. The highest BCUT2D eigenvalue weighted by Gasteiger charge is 2.17. The van der Waals surface area contributed by atoms with Crippen LogP contribution < -0.4 is 0 Å². The zero-order chi connectivity index (χ0) is 10.4. The first kappa shape index (κ1) is 11.8. The minimum atomic E-state index is -0.196. The Morgan fingerprint density at radius 1 is 1.07 bits per heavy atom. The molecule has 0 aromatic heterocycles. The largest absolute Gasteiger partial charge is 0.389 e. The van der Waals surface area contributed by atoms with Gasteiger partial charge in [-0.25, -0.2) is 0 Å². The zero-order valence-corrected chi connectivity index (χ0v) is 9.63. The third kappa shape index (κ3) is 4.28. The molecule has 1 rings (SSSR count). The Morgan fingerprint density at radius 2 is 1.57 bits per heavy atom. The fourth-order valence-electron chi connectivity index (χ4n) is 2.31. The van der Waals surface area contributed by atoms with E-state index >= 15 is 0 Å². The van der Waals surface area contributed by atoms with Crippen LogP contribution in [-0.2, 0) is 0 Å². The van der Waals surface area contributed by atoms with E-state index in [1.54, 1.807) is 0 Å². The van der Waals surface area contributed by atoms with Gasteiger partial charge < -0.3 is 5.11 Å². The second-order valence-corrected chi connectivity index (χ2v) is 4.84. The molecule has 1 heteroatoms. The summed E-state index contributed by atoms with van der Waals surface area (Å²) in [7, 11) is 0. The summed E-state index contributed by atoms with van der Waals surface area (Å²) >= 11 is 0. The molecular formula is C13H24O. The van der Waals surface area contributed by atoms with Crippen molar-refractivity contribution in [3.63, 3.8) is 0 Å². The van der Waals surface area contributed by atoms with Gasteiger partial charge in [-0.05, 0) is 32.6 Å². The quantitative estimate of drug-likeness (QED) is 0.668. The standard InChI is InChI=1S/C13H24O/c1-11(2)10-13(14)12-8-6-4-3-5-7-9-12/h10,12-14H,3-9H2,1-2H3. The van der Waals surface area contributed by atoms with Crippen molar-refractivity contribution in [2.75, 3.05) is 0 Å². The van der Waals surface area contributed by atoms with Crippen molar-refractivity contribution in [2.24, 2.45) is 5.92 Å². The van der Waals surface area contributed by atoms with Crippen molar-refractivity contribution in [1.82, 2.24) is 0 Å². The SMILES string of the molecule is CC(C)=CC(O)C1CCCCCCC1. The fraction of sp³-hybridized carbons (Fsp3) is 0.846. The van der Waals surface area contributed by atoms with Gasteiger partial charge in [0.25, 0.3) is 0 Å². The van der Waals surface area contributed by atoms with E-state index in [1.165, 1.54) is 50.5 Å². The molecule has 0 bridgehead atoms. The Morgan fingerprint density at radius 3 is 2.07 bits per heavy atom. The Hall–Kier alpha value is -0.300. The van der Waals surface area contributed by atoms with Gasteiger partial charge in [-0.2, -0.15) is 0 Å². The molecule has 1 atom stereocenters. The molecule has 0 aromatic rings. The fourth-order valence-corrected chi connectivity index (χ4v) is 2.31. The van der Waals surface area contributed by atoms with Crippen LogP contribution >= 0.6 is 0 Å². The molecule has 0 aliphatic heterocycles. The van der Waals surface area contributed by atoms with Gasteiger partial charge >= 0.3 is 0 Å². The smallest absolute Gasteiger partial charge is 0.0751 e. The van der Waals surface area contributed by atoms with Crippen molar-refractivity contribution in [3.8, 4) is 0 Å². The average Bonchev–Trinajstić information content (AvgIpc) is 2.00. The van der Waals surface area contributed by atoms with E-state index in [2.05, 4.69) is 13.8 Å². The molecule has 82 valence electrons. The Kier molecular flexibility index (Phi) is 5.24. The van der Waals surface area contributed by atoms with Crippen LogP contribution in [0.15, 0.2) is 11.6 Å². The number of hydrogen-bond acceptors (Lipinski definition) is 1. The molecule has 0 aromatic carbocycles. The second kappa shape index (κ2) is 6.23. The van der Waals surface area contributed by atoms with Gasteiger partial charge in [0.1, 0.15) is 0 Å². The van der Waals surface area contributed by atoms with E-state index < -0.39 is 0 Å². The van der Waals surface area contributed by atoms with Gasteiger partial charge in [0.05, 0.1) is 6.10 Å². The number of allylic oxidation sites excluding steroid dienone is 1. The molecule has 1 saturated carbocycles. The minimum absolute atomic E-state index is 0.196. The maximum atomic E-state index is 9.98. The van der Waals surface area contributed by atoms with Crippen LogP contribution in [0.2, 0.25) is 0 Å². The number of rotatable bonds is 2. The van der Waals surface area contributed by atoms with E-state index in [9.17, 15) is 5.11 Å². The molecule has 0 saturated heterocycles. The summed E-state index contributed by atoms with van der Waals surface area (Å²) in [6.45, 7) is 4.12. The first-order valence-corrected chi connectivity index (χ1v) is 6.03. The molecule has 1 unspecified atom stereocenters. The number of hydrogen-bond donors (Lipinski definition) is 1. The maximum absolute atomic E-state index is 9.98. The molecule has 0 amide bonds. The van der Waals surface area contributed by atoms with Crippen LogP contribution in [0, 0.1) is 5.92 Å². The van der Waals surface area contributed by atoms with Crippen LogP contribution in [-0.4, -0.2) is 11.2 Å². The van der Waals surface area contributed by atoms with Gasteiger partial charge in [0.15, 0.2) is 0 Å². The van der Waals surface area contributed by atoms with E-state index in [1.807, 2.05) is 6.08 Å². The predicted octanol–water partition coefficient (Wildman–Crippen LogP) is 3.67. The molecule has 14 heavy (non-hydrogen) atoms. The van der Waals surface area contributed by atoms with Crippen LogP contribution in [0.4, 0.5) is 0 Å². The molecule has 1 aliphatic carbocycles. The molecule has 1 nitrogen and oxygen atoms in total. The summed E-state index contributed by atoms with van der Waals surface area (Å²) < 4.78 is 0. The van der Waals surface area contributed by atoms with E-state index in [0.29, 0.717) is 5.92 Å². The first-order chi connectivity index (χ1) is 6.70. The van der Waals surface area contributed by atoms with E-state index in [4.69, 9.17) is 0 Å². The molecule has 1 N–H and O–H groups in total. The highest BCUT2D eigenvalue weighted by molar-refractivity contribution is 4.99. The molecule has 1 aliphatic rings. The molecule has 0 heterocycles. The molecule has 0 spiro atoms. The lowest BCUT2D eigenvalue weighted by molar-refractivity contribution is 0.132. The normalized spacial score (nSPS) is 22.2. The van der Waals surface area contributed by atoms with E-state index in [0.717, 1.165) is 0 Å². The van der Waals surface area contributed by atoms with Gasteiger partial charge in [-0.15, -0.1) is 0 Å². The lowest BCUT2D eigenvalue weighted by atomic mass is 9.87. The monoisotopic (exact) mass is 196 g/mol. The summed E-state index contributed by atoms with van der Waals surface area (Å²) in [6.07, 6.45) is 11.0. The van der Waals surface area contributed by atoms with Crippen LogP contribution in [0.5, 0.6) is 0 Å². The summed E-state index contributed by atoms with van der Waals surface area (Å²) in [4.78, 5) is 0. The highest BCUT2D eigenvalue weighted by Crippen LogP contribution is 2.25. The van der Waals surface area contributed by atoms with Gasteiger partial charge in [0, 0.05) is 0 Å². The summed E-state index contributed by atoms with van der Waals surface area (Å²) in [5.41, 5.74) is 1.24. The third-order valence-electron chi connectivity index (χ3n) is 3.14. The van der Waals surface area contributed by atoms with Gasteiger partial charge in [-0.3, -0.25) is 0 Å². The van der Waals surface area contributed by atoms with Crippen LogP contribution in [0.25, 0.3) is 0 Å². The summed E-state index contributed by atoms with van der Waals surface area (Å²) in [5, 5.41) is 9.98. The molecular weight excluding hydrogens is 172 g/mol. The highest BCUT2D eigenvalue weighted by atomic mass is 16.3. The van der Waals surface area contributed by atoms with Crippen molar-refractivity contribution < 1.29 is 5.11 Å². The van der Waals surface area contributed by atoms with Crippen molar-refractivity contribution >= 4 is 0 Å². The lowest BCUT2D eigenvalue weighted by Crippen LogP contribution is -2.19. The Labute approximate surface area is 88.2 Å². The first-order valence-electron chi connectivity index (χ1n) is 6.03. The summed E-state index contributed by atoms with van der Waals surface area (Å²) in [6, 6.07) is 0. The number of aliphatic hydroxyl groups excluding tert-OH is 1. The van der Waals surface area contributed by atoms with E-state index in [-0.39, 0.29) is 6.10 Å². The van der Waals surface area contributed by atoms with Crippen molar-refractivity contribution in [1.29, 1.82) is 0 Å². The van der Waals surface area contributed by atoms with Crippen LogP contribution in [0.1, 0.15) is 58.8 Å². The Balaban J connectivity index is 2.42. The van der Waals surface area contributed by atoms with Crippen LogP contribution in [0.3, 0.4) is 0 Å². The van der Waals surface area contributed by atoms with Gasteiger partial charge in [-0.1, -0.05) is 43.8 Å². The zero-order valence-electron chi connectivity index (χ0n) is 9.63. The average molecular weight is 196 g/mol. The predicted molar refractivity (Wildman–Crippen MR) is 61.2 cm³/mol. The van der Waals surface area contributed by atoms with Gasteiger partial charge in [0.2, 0.25) is 0 Å². The maximum Gasteiger partial charge on any atom is 0.0751 e. The number of aliphatic hydroxyl groups is 1. The minimum Gasteiger partial charge on any atom is -0.389 e. The second-order valence-electron chi connectivity index (χ2n) is 4.84. The molecule has 0 radical (unpaired) electrons.